The van der Waals surface area contributed by atoms with Gasteiger partial charge in [-0.05, 0) is 37.1 Å². The van der Waals surface area contributed by atoms with E-state index in [1.165, 1.54) is 43.1 Å². The number of amides is 1. The number of nitrogens with one attached hydrogen (secondary N) is 1. The van der Waals surface area contributed by atoms with Crippen LogP contribution in [0.2, 0.25) is 0 Å². The highest BCUT2D eigenvalue weighted by Crippen LogP contribution is 2.23. The predicted molar refractivity (Wildman–Crippen MR) is 103 cm³/mol. The molecule has 6 heteroatoms. The molecule has 1 fully saturated rings. The summed E-state index contributed by atoms with van der Waals surface area (Å²) in [6.07, 6.45) is 5.23. The van der Waals surface area contributed by atoms with E-state index < -0.39 is 0 Å². The molecule has 0 unspecified atom stereocenters. The maximum atomic E-state index is 12.0. The lowest BCUT2D eigenvalue weighted by atomic mass is 10.2. The normalized spacial score (nSPS) is 18.4. The molecule has 23 heavy (non-hydrogen) atoms. The molecular weight excluding hydrogens is 326 g/mol. The van der Waals surface area contributed by atoms with Crippen LogP contribution in [0.5, 0.6) is 0 Å². The van der Waals surface area contributed by atoms with Gasteiger partial charge in [-0.2, -0.15) is 0 Å². The summed E-state index contributed by atoms with van der Waals surface area (Å²) < 4.78 is 1.04. The van der Waals surface area contributed by atoms with Crippen molar-refractivity contribution in [2.45, 2.75) is 25.7 Å². The first-order valence-corrected chi connectivity index (χ1v) is 10.2. The smallest absolute Gasteiger partial charge is 0.234 e. The number of nitrogens with zero attached hydrogens (tertiary/aromatic N) is 2. The zero-order valence-electron chi connectivity index (χ0n) is 13.3. The first-order valence-electron chi connectivity index (χ1n) is 8.26. The van der Waals surface area contributed by atoms with Crippen molar-refractivity contribution in [3.63, 3.8) is 0 Å². The van der Waals surface area contributed by atoms with Crippen molar-refractivity contribution in [1.29, 1.82) is 0 Å². The van der Waals surface area contributed by atoms with Crippen LogP contribution in [-0.4, -0.2) is 41.4 Å². The topological polar surface area (TPSA) is 44.7 Å². The fourth-order valence-corrected chi connectivity index (χ4v) is 4.62. The maximum absolute atomic E-state index is 12.0. The fourth-order valence-electron chi connectivity index (χ4n) is 2.81. The van der Waals surface area contributed by atoms with E-state index in [0.29, 0.717) is 5.75 Å². The Hall–Kier alpha value is -1.14. The fraction of sp³-hybridized carbons (Fsp3) is 0.529. The first kappa shape index (κ1) is 16.7. The molecule has 4 nitrogen and oxygen atoms in total. The van der Waals surface area contributed by atoms with Gasteiger partial charge in [0.05, 0.1) is 12.3 Å². The van der Waals surface area contributed by atoms with Crippen molar-refractivity contribution in [3.8, 4) is 0 Å². The van der Waals surface area contributed by atoms with Gasteiger partial charge in [-0.1, -0.05) is 36.4 Å². The summed E-state index contributed by atoms with van der Waals surface area (Å²) >= 11 is 3.27. The number of carbonyl (C=O) groups is 1. The number of hydrogen-bond acceptors (Lipinski definition) is 5. The van der Waals surface area contributed by atoms with Crippen molar-refractivity contribution >= 4 is 45.2 Å². The van der Waals surface area contributed by atoms with Gasteiger partial charge in [0, 0.05) is 30.2 Å². The third-order valence-corrected chi connectivity index (χ3v) is 6.26. The summed E-state index contributed by atoms with van der Waals surface area (Å²) in [5, 5.41) is 2.97. The van der Waals surface area contributed by atoms with Crippen LogP contribution in [0.4, 0.5) is 11.4 Å². The summed E-state index contributed by atoms with van der Waals surface area (Å²) in [7, 11) is 0. The summed E-state index contributed by atoms with van der Waals surface area (Å²) in [6, 6.07) is 8.24. The van der Waals surface area contributed by atoms with Crippen LogP contribution in [0.3, 0.4) is 0 Å². The van der Waals surface area contributed by atoms with Gasteiger partial charge in [-0.15, -0.1) is 0 Å². The lowest BCUT2D eigenvalue weighted by Gasteiger charge is -2.22. The number of carbonyl (C=O) groups excluding carboxylic acids is 1. The molecule has 1 amide bonds. The van der Waals surface area contributed by atoms with Crippen molar-refractivity contribution < 1.29 is 4.79 Å². The molecule has 0 atom stereocenters. The van der Waals surface area contributed by atoms with Gasteiger partial charge in [0.15, 0.2) is 0 Å². The van der Waals surface area contributed by atoms with Gasteiger partial charge in [-0.3, -0.25) is 9.79 Å². The Morgan fingerprint density at radius 1 is 1.17 bits per heavy atom. The van der Waals surface area contributed by atoms with Crippen LogP contribution < -0.4 is 10.2 Å². The van der Waals surface area contributed by atoms with Crippen LogP contribution in [-0.2, 0) is 4.79 Å². The molecule has 0 spiro atoms. The van der Waals surface area contributed by atoms with Crippen molar-refractivity contribution in [2.75, 3.05) is 41.4 Å². The van der Waals surface area contributed by atoms with E-state index >= 15 is 0 Å². The molecule has 0 aliphatic carbocycles. The van der Waals surface area contributed by atoms with Gasteiger partial charge in [0.25, 0.3) is 0 Å². The number of hydrogen-bond donors (Lipinski definition) is 1. The van der Waals surface area contributed by atoms with Gasteiger partial charge < -0.3 is 10.2 Å². The Balaban J connectivity index is 1.49. The predicted octanol–water partition coefficient (Wildman–Crippen LogP) is 3.84. The minimum atomic E-state index is 0.0349. The SMILES string of the molecule is O=C(CSC1=NCCS1)Nc1ccc(N2CCCCCC2)cc1. The van der Waals surface area contributed by atoms with Crippen molar-refractivity contribution in [3.05, 3.63) is 24.3 Å². The van der Waals surface area contributed by atoms with Gasteiger partial charge in [0.1, 0.15) is 4.38 Å². The Bertz CT molecular complexity index is 551. The summed E-state index contributed by atoms with van der Waals surface area (Å²) in [5.41, 5.74) is 2.13. The Morgan fingerprint density at radius 3 is 2.57 bits per heavy atom. The molecule has 3 rings (SSSR count). The highest BCUT2D eigenvalue weighted by atomic mass is 32.2. The second-order valence-electron chi connectivity index (χ2n) is 5.78. The molecular formula is C17H23N3OS2. The summed E-state index contributed by atoms with van der Waals surface area (Å²) in [6.45, 7) is 3.16. The van der Waals surface area contributed by atoms with Crippen LogP contribution in [0.15, 0.2) is 29.3 Å². The van der Waals surface area contributed by atoms with Crippen molar-refractivity contribution in [2.24, 2.45) is 4.99 Å². The average Bonchev–Trinajstić information content (AvgIpc) is 2.94. The number of thioether (sulfide) groups is 2. The van der Waals surface area contributed by atoms with E-state index in [2.05, 4.69) is 27.3 Å². The van der Waals surface area contributed by atoms with Crippen LogP contribution >= 0.6 is 23.5 Å². The zero-order valence-corrected chi connectivity index (χ0v) is 14.9. The molecule has 0 aromatic heterocycles. The first-order chi connectivity index (χ1) is 11.3. The molecule has 2 aliphatic heterocycles. The van der Waals surface area contributed by atoms with E-state index in [1.54, 1.807) is 11.8 Å². The monoisotopic (exact) mass is 349 g/mol. The van der Waals surface area contributed by atoms with E-state index in [1.807, 2.05) is 12.1 Å². The number of aliphatic imine (C=N–C) groups is 1. The van der Waals surface area contributed by atoms with E-state index in [-0.39, 0.29) is 5.91 Å². The number of benzene rings is 1. The number of anilines is 2. The Kier molecular flexibility index (Phi) is 6.28. The summed E-state index contributed by atoms with van der Waals surface area (Å²) in [4.78, 5) is 18.8. The third-order valence-electron chi connectivity index (χ3n) is 4.01. The minimum Gasteiger partial charge on any atom is -0.372 e. The zero-order chi connectivity index (χ0) is 15.9. The van der Waals surface area contributed by atoms with Gasteiger partial charge in [0.2, 0.25) is 5.91 Å². The molecule has 0 radical (unpaired) electrons. The average molecular weight is 350 g/mol. The highest BCUT2D eigenvalue weighted by molar-refractivity contribution is 8.39. The second kappa shape index (κ2) is 8.64. The minimum absolute atomic E-state index is 0.0349. The van der Waals surface area contributed by atoms with Crippen molar-refractivity contribution in [1.82, 2.24) is 0 Å². The van der Waals surface area contributed by atoms with Gasteiger partial charge in [-0.25, -0.2) is 0 Å². The van der Waals surface area contributed by atoms with Crippen LogP contribution in [0.25, 0.3) is 0 Å². The highest BCUT2D eigenvalue weighted by Gasteiger charge is 2.12. The lowest BCUT2D eigenvalue weighted by Crippen LogP contribution is -2.23. The standard InChI is InChI=1S/C17H23N3OS2/c21-16(13-23-17-18-9-12-22-17)19-14-5-7-15(8-6-14)20-10-3-1-2-4-11-20/h5-8H,1-4,9-13H2,(H,19,21). The molecule has 2 aliphatic rings. The van der Waals surface area contributed by atoms with E-state index in [4.69, 9.17) is 0 Å². The molecule has 2 heterocycles. The van der Waals surface area contributed by atoms with Crippen LogP contribution in [0.1, 0.15) is 25.7 Å². The summed E-state index contributed by atoms with van der Waals surface area (Å²) in [5.74, 6) is 1.51. The lowest BCUT2D eigenvalue weighted by molar-refractivity contribution is -0.113. The molecule has 0 bridgehead atoms. The Labute approximate surface area is 146 Å². The van der Waals surface area contributed by atoms with Crippen LogP contribution in [0, 0.1) is 0 Å². The molecule has 0 saturated carbocycles. The molecule has 1 saturated heterocycles. The molecule has 1 N–H and O–H groups in total. The largest absolute Gasteiger partial charge is 0.372 e. The molecule has 1 aromatic carbocycles. The van der Waals surface area contributed by atoms with E-state index in [9.17, 15) is 4.79 Å². The molecule has 1 aromatic rings. The quantitative estimate of drug-likeness (QED) is 0.897. The van der Waals surface area contributed by atoms with Gasteiger partial charge >= 0.3 is 0 Å². The molecule has 124 valence electrons. The third kappa shape index (κ3) is 5.18. The maximum Gasteiger partial charge on any atom is 0.234 e. The number of rotatable bonds is 4. The van der Waals surface area contributed by atoms with E-state index in [0.717, 1.165) is 35.5 Å². The second-order valence-corrected chi connectivity index (χ2v) is 8.09. The Morgan fingerprint density at radius 2 is 1.91 bits per heavy atom.